The summed E-state index contributed by atoms with van der Waals surface area (Å²) in [5.74, 6) is -0.346. The maximum Gasteiger partial charge on any atom is 0.240 e. The Morgan fingerprint density at radius 2 is 1.96 bits per heavy atom. The SMILES string of the molecule is Cc1ccc(NC(=O)C[C@@H]2SC(=N[C@H](C)c3ccccc3)NC2=O)c(C)c1. The molecule has 1 aliphatic rings. The standard InChI is InChI=1S/C21H23N3O2S/c1-13-9-10-17(14(2)11-13)23-19(25)12-18-20(26)24-21(27-18)22-15(3)16-7-5-4-6-8-16/h4-11,15,18H,12H2,1-3H3,(H,23,25)(H,22,24,26)/t15-,18+/m1/s1. The third-order valence-corrected chi connectivity index (χ3v) is 5.49. The van der Waals surface area contributed by atoms with E-state index in [1.165, 1.54) is 11.8 Å². The largest absolute Gasteiger partial charge is 0.326 e. The first kappa shape index (κ1) is 19.2. The van der Waals surface area contributed by atoms with Crippen LogP contribution >= 0.6 is 11.8 Å². The molecule has 2 aromatic carbocycles. The molecule has 1 saturated heterocycles. The molecule has 140 valence electrons. The number of carbonyl (C=O) groups excluding carboxylic acids is 2. The van der Waals surface area contributed by atoms with Gasteiger partial charge in [0.05, 0.1) is 6.04 Å². The lowest BCUT2D eigenvalue weighted by Gasteiger charge is -2.10. The number of rotatable bonds is 5. The van der Waals surface area contributed by atoms with Crippen molar-refractivity contribution in [2.45, 2.75) is 38.5 Å². The van der Waals surface area contributed by atoms with Crippen molar-refractivity contribution in [1.82, 2.24) is 5.32 Å². The molecule has 0 radical (unpaired) electrons. The van der Waals surface area contributed by atoms with Gasteiger partial charge in [0, 0.05) is 12.1 Å². The van der Waals surface area contributed by atoms with Crippen LogP contribution < -0.4 is 10.6 Å². The van der Waals surface area contributed by atoms with Crippen LogP contribution in [0.3, 0.4) is 0 Å². The van der Waals surface area contributed by atoms with E-state index in [0.29, 0.717) is 5.17 Å². The molecule has 5 nitrogen and oxygen atoms in total. The Labute approximate surface area is 163 Å². The van der Waals surface area contributed by atoms with Crippen molar-refractivity contribution in [3.8, 4) is 0 Å². The van der Waals surface area contributed by atoms with Crippen LogP contribution in [-0.4, -0.2) is 22.2 Å². The van der Waals surface area contributed by atoms with E-state index in [1.54, 1.807) is 0 Å². The second-order valence-electron chi connectivity index (χ2n) is 6.69. The molecule has 2 amide bonds. The number of anilines is 1. The molecule has 0 saturated carbocycles. The smallest absolute Gasteiger partial charge is 0.240 e. The number of hydrogen-bond donors (Lipinski definition) is 2. The molecule has 1 heterocycles. The molecular weight excluding hydrogens is 358 g/mol. The second-order valence-corrected chi connectivity index (χ2v) is 7.88. The molecule has 0 aliphatic carbocycles. The van der Waals surface area contributed by atoms with Gasteiger partial charge in [-0.05, 0) is 38.0 Å². The third kappa shape index (κ3) is 4.98. The zero-order valence-electron chi connectivity index (χ0n) is 15.7. The maximum absolute atomic E-state index is 12.4. The van der Waals surface area contributed by atoms with E-state index < -0.39 is 5.25 Å². The molecule has 0 aromatic heterocycles. The number of nitrogens with zero attached hydrogens (tertiary/aromatic N) is 1. The van der Waals surface area contributed by atoms with Gasteiger partial charge in [-0.3, -0.25) is 14.6 Å². The first-order chi connectivity index (χ1) is 12.9. The summed E-state index contributed by atoms with van der Waals surface area (Å²) >= 11 is 1.32. The fraction of sp³-hybridized carbons (Fsp3) is 0.286. The molecule has 6 heteroatoms. The number of benzene rings is 2. The predicted molar refractivity (Wildman–Crippen MR) is 111 cm³/mol. The summed E-state index contributed by atoms with van der Waals surface area (Å²) in [6, 6.07) is 15.7. The monoisotopic (exact) mass is 381 g/mol. The number of thioether (sulfide) groups is 1. The minimum atomic E-state index is -0.461. The first-order valence-corrected chi connectivity index (χ1v) is 9.77. The van der Waals surface area contributed by atoms with Crippen LogP contribution in [0.25, 0.3) is 0 Å². The van der Waals surface area contributed by atoms with Crippen LogP contribution in [0.4, 0.5) is 5.69 Å². The predicted octanol–water partition coefficient (Wildman–Crippen LogP) is 3.98. The van der Waals surface area contributed by atoms with E-state index in [9.17, 15) is 9.59 Å². The number of carbonyl (C=O) groups is 2. The van der Waals surface area contributed by atoms with Crippen LogP contribution in [0.2, 0.25) is 0 Å². The minimum absolute atomic E-state index is 0.0585. The highest BCUT2D eigenvalue weighted by Crippen LogP contribution is 2.26. The Bertz CT molecular complexity index is 880. The van der Waals surface area contributed by atoms with E-state index in [1.807, 2.05) is 69.3 Å². The summed E-state index contributed by atoms with van der Waals surface area (Å²) in [6.45, 7) is 5.94. The number of aliphatic imine (C=N–C) groups is 1. The van der Waals surface area contributed by atoms with Gasteiger partial charge >= 0.3 is 0 Å². The van der Waals surface area contributed by atoms with Crippen LogP contribution in [-0.2, 0) is 9.59 Å². The minimum Gasteiger partial charge on any atom is -0.326 e. The lowest BCUT2D eigenvalue weighted by molar-refractivity contribution is -0.122. The summed E-state index contributed by atoms with van der Waals surface area (Å²) in [5, 5.41) is 5.79. The summed E-state index contributed by atoms with van der Waals surface area (Å²) < 4.78 is 0. The van der Waals surface area contributed by atoms with Crippen molar-refractivity contribution in [3.05, 3.63) is 65.2 Å². The van der Waals surface area contributed by atoms with E-state index >= 15 is 0 Å². The van der Waals surface area contributed by atoms with Crippen molar-refractivity contribution >= 4 is 34.4 Å². The van der Waals surface area contributed by atoms with Gasteiger partial charge < -0.3 is 10.6 Å². The van der Waals surface area contributed by atoms with Crippen LogP contribution in [0.1, 0.15) is 36.1 Å². The molecular formula is C21H23N3O2S. The number of aryl methyl sites for hydroxylation is 2. The normalized spacial score (nSPS) is 19.0. The Balaban J connectivity index is 1.60. The Morgan fingerprint density at radius 1 is 1.22 bits per heavy atom. The molecule has 27 heavy (non-hydrogen) atoms. The van der Waals surface area contributed by atoms with Gasteiger partial charge in [-0.15, -0.1) is 0 Å². The Kier molecular flexibility index (Phi) is 5.96. The molecule has 0 unspecified atom stereocenters. The van der Waals surface area contributed by atoms with Gasteiger partial charge in [0.15, 0.2) is 5.17 Å². The van der Waals surface area contributed by atoms with Gasteiger partial charge in [-0.1, -0.05) is 59.8 Å². The average molecular weight is 382 g/mol. The van der Waals surface area contributed by atoms with Crippen molar-refractivity contribution in [3.63, 3.8) is 0 Å². The highest BCUT2D eigenvalue weighted by atomic mass is 32.2. The fourth-order valence-corrected chi connectivity index (χ4v) is 3.95. The van der Waals surface area contributed by atoms with Crippen LogP contribution in [0.5, 0.6) is 0 Å². The van der Waals surface area contributed by atoms with Crippen LogP contribution in [0.15, 0.2) is 53.5 Å². The molecule has 1 aliphatic heterocycles. The van der Waals surface area contributed by atoms with Crippen molar-refractivity contribution in [1.29, 1.82) is 0 Å². The van der Waals surface area contributed by atoms with Crippen molar-refractivity contribution in [2.75, 3.05) is 5.32 Å². The number of amidine groups is 1. The number of hydrogen-bond acceptors (Lipinski definition) is 4. The number of nitrogens with one attached hydrogen (secondary N) is 2. The zero-order chi connectivity index (χ0) is 19.4. The lowest BCUT2D eigenvalue weighted by atomic mass is 10.1. The molecule has 0 spiro atoms. The third-order valence-electron chi connectivity index (χ3n) is 4.40. The van der Waals surface area contributed by atoms with Gasteiger partial charge in [0.2, 0.25) is 11.8 Å². The molecule has 2 atom stereocenters. The van der Waals surface area contributed by atoms with E-state index in [0.717, 1.165) is 22.4 Å². The molecule has 3 rings (SSSR count). The van der Waals surface area contributed by atoms with Gasteiger partial charge in [-0.2, -0.15) is 0 Å². The highest BCUT2D eigenvalue weighted by molar-refractivity contribution is 8.15. The fourth-order valence-electron chi connectivity index (χ4n) is 2.91. The van der Waals surface area contributed by atoms with Gasteiger partial charge in [0.1, 0.15) is 5.25 Å². The topological polar surface area (TPSA) is 70.6 Å². The maximum atomic E-state index is 12.4. The van der Waals surface area contributed by atoms with Crippen molar-refractivity contribution in [2.24, 2.45) is 4.99 Å². The lowest BCUT2D eigenvalue weighted by Crippen LogP contribution is -2.28. The summed E-state index contributed by atoms with van der Waals surface area (Å²) in [6.07, 6.45) is 0.114. The summed E-state index contributed by atoms with van der Waals surface area (Å²) in [5.41, 5.74) is 4.01. The molecule has 1 fully saturated rings. The molecule has 0 bridgehead atoms. The Morgan fingerprint density at radius 3 is 2.67 bits per heavy atom. The first-order valence-electron chi connectivity index (χ1n) is 8.90. The van der Waals surface area contributed by atoms with E-state index in [2.05, 4.69) is 15.6 Å². The van der Waals surface area contributed by atoms with Crippen molar-refractivity contribution < 1.29 is 9.59 Å². The zero-order valence-corrected chi connectivity index (χ0v) is 16.5. The second kappa shape index (κ2) is 8.39. The van der Waals surface area contributed by atoms with E-state index in [4.69, 9.17) is 0 Å². The van der Waals surface area contributed by atoms with E-state index in [-0.39, 0.29) is 24.3 Å². The molecule has 2 aromatic rings. The summed E-state index contributed by atoms with van der Waals surface area (Å²) in [7, 11) is 0. The average Bonchev–Trinajstić information content (AvgIpc) is 2.97. The van der Waals surface area contributed by atoms with Crippen LogP contribution in [0, 0.1) is 13.8 Å². The van der Waals surface area contributed by atoms with Gasteiger partial charge in [0.25, 0.3) is 0 Å². The quantitative estimate of drug-likeness (QED) is 0.823. The Hall–Kier alpha value is -2.60. The number of amides is 2. The summed E-state index contributed by atoms with van der Waals surface area (Å²) in [4.78, 5) is 29.1. The van der Waals surface area contributed by atoms with Gasteiger partial charge in [-0.25, -0.2) is 0 Å². The highest BCUT2D eigenvalue weighted by Gasteiger charge is 2.32. The molecule has 2 N–H and O–H groups in total.